The first-order valence-corrected chi connectivity index (χ1v) is 11.9. The third kappa shape index (κ3) is 4.84. The molecule has 3 heterocycles. The number of hydrazine groups is 1. The lowest BCUT2D eigenvalue weighted by Crippen LogP contribution is -2.51. The largest absolute Gasteiger partial charge is 0.344 e. The molecular formula is C21H31N5O3S. The fraction of sp³-hybridized carbons (Fsp3) is 0.667. The van der Waals surface area contributed by atoms with Gasteiger partial charge >= 0.3 is 6.03 Å². The quantitative estimate of drug-likeness (QED) is 0.638. The van der Waals surface area contributed by atoms with E-state index in [0.29, 0.717) is 19.4 Å². The standard InChI is InChI=1S/C21H31N5O3S/c27-18(23-26-19(28)21(22-20(26)29)8-2-1-3-9-21)7-11-25-14-12-24(13-15-25)10-6-17-5-4-16-30-17/h4-5,16H,1-3,6-15H2,(H,22,29)(H,23,27). The van der Waals surface area contributed by atoms with Crippen LogP contribution in [0.2, 0.25) is 0 Å². The van der Waals surface area contributed by atoms with E-state index in [0.717, 1.165) is 63.4 Å². The number of thiophene rings is 1. The average molecular weight is 434 g/mol. The minimum atomic E-state index is -0.804. The molecule has 2 aliphatic heterocycles. The molecule has 0 bridgehead atoms. The van der Waals surface area contributed by atoms with Crippen LogP contribution in [-0.4, -0.2) is 77.5 Å². The van der Waals surface area contributed by atoms with Gasteiger partial charge in [0.2, 0.25) is 5.91 Å². The van der Waals surface area contributed by atoms with Gasteiger partial charge in [0, 0.05) is 50.6 Å². The molecule has 0 radical (unpaired) electrons. The second-order valence-corrected chi connectivity index (χ2v) is 9.54. The van der Waals surface area contributed by atoms with Crippen LogP contribution in [0.1, 0.15) is 43.4 Å². The SMILES string of the molecule is O=C(CCN1CCN(CCc2cccs2)CC1)NN1C(=O)NC2(CCCCC2)C1=O. The van der Waals surface area contributed by atoms with E-state index >= 15 is 0 Å². The van der Waals surface area contributed by atoms with Crippen molar-refractivity contribution >= 4 is 29.2 Å². The Morgan fingerprint density at radius 3 is 2.43 bits per heavy atom. The van der Waals surface area contributed by atoms with Crippen LogP contribution in [0.15, 0.2) is 17.5 Å². The first-order valence-electron chi connectivity index (χ1n) is 11.0. The third-order valence-electron chi connectivity index (χ3n) is 6.48. The maximum Gasteiger partial charge on any atom is 0.344 e. The zero-order chi connectivity index (χ0) is 21.0. The summed E-state index contributed by atoms with van der Waals surface area (Å²) in [6.07, 6.45) is 5.60. The molecule has 4 rings (SSSR count). The highest BCUT2D eigenvalue weighted by Gasteiger charge is 2.52. The van der Waals surface area contributed by atoms with Crippen molar-refractivity contribution in [1.82, 2.24) is 25.6 Å². The summed E-state index contributed by atoms with van der Waals surface area (Å²) in [4.78, 5) is 43.5. The van der Waals surface area contributed by atoms with E-state index in [1.807, 2.05) is 0 Å². The Morgan fingerprint density at radius 2 is 1.77 bits per heavy atom. The van der Waals surface area contributed by atoms with Crippen LogP contribution in [0.5, 0.6) is 0 Å². The van der Waals surface area contributed by atoms with Crippen molar-refractivity contribution in [2.45, 2.75) is 50.5 Å². The van der Waals surface area contributed by atoms with Gasteiger partial charge in [-0.05, 0) is 30.7 Å². The van der Waals surface area contributed by atoms with Gasteiger partial charge in [-0.15, -0.1) is 11.3 Å². The van der Waals surface area contributed by atoms with Gasteiger partial charge < -0.3 is 15.1 Å². The van der Waals surface area contributed by atoms with Crippen LogP contribution in [0.3, 0.4) is 0 Å². The fourth-order valence-corrected chi connectivity index (χ4v) is 5.31. The highest BCUT2D eigenvalue weighted by Crippen LogP contribution is 2.33. The number of imide groups is 1. The van der Waals surface area contributed by atoms with Crippen LogP contribution in [-0.2, 0) is 16.0 Å². The van der Waals surface area contributed by atoms with Crippen LogP contribution in [0, 0.1) is 0 Å². The van der Waals surface area contributed by atoms with Gasteiger partial charge in [0.15, 0.2) is 0 Å². The van der Waals surface area contributed by atoms with Crippen LogP contribution in [0.4, 0.5) is 4.79 Å². The van der Waals surface area contributed by atoms with Crippen molar-refractivity contribution in [3.63, 3.8) is 0 Å². The van der Waals surface area contributed by atoms with Crippen molar-refractivity contribution in [3.05, 3.63) is 22.4 Å². The molecule has 1 aliphatic carbocycles. The number of nitrogens with zero attached hydrogens (tertiary/aromatic N) is 3. The minimum absolute atomic E-state index is 0.277. The molecule has 0 atom stereocenters. The molecule has 1 aromatic rings. The molecule has 164 valence electrons. The van der Waals surface area contributed by atoms with E-state index in [1.165, 1.54) is 4.88 Å². The molecule has 3 fully saturated rings. The van der Waals surface area contributed by atoms with E-state index in [2.05, 4.69) is 38.1 Å². The zero-order valence-electron chi connectivity index (χ0n) is 17.4. The Hall–Kier alpha value is -1.97. The summed E-state index contributed by atoms with van der Waals surface area (Å²) < 4.78 is 0. The molecule has 1 spiro atoms. The summed E-state index contributed by atoms with van der Waals surface area (Å²) in [6, 6.07) is 3.77. The van der Waals surface area contributed by atoms with Crippen molar-refractivity contribution in [1.29, 1.82) is 0 Å². The van der Waals surface area contributed by atoms with Crippen LogP contribution < -0.4 is 10.7 Å². The van der Waals surface area contributed by atoms with Crippen molar-refractivity contribution in [2.75, 3.05) is 39.3 Å². The molecule has 1 saturated carbocycles. The zero-order valence-corrected chi connectivity index (χ0v) is 18.2. The Kier molecular flexibility index (Phi) is 6.70. The lowest BCUT2D eigenvalue weighted by atomic mass is 9.82. The van der Waals surface area contributed by atoms with Gasteiger partial charge in [-0.1, -0.05) is 25.3 Å². The van der Waals surface area contributed by atoms with Gasteiger partial charge in [0.05, 0.1) is 0 Å². The van der Waals surface area contributed by atoms with E-state index in [9.17, 15) is 14.4 Å². The Morgan fingerprint density at radius 1 is 1.07 bits per heavy atom. The molecule has 0 aromatic carbocycles. The van der Waals surface area contributed by atoms with E-state index in [4.69, 9.17) is 0 Å². The number of carbonyl (C=O) groups excluding carboxylic acids is 3. The molecule has 9 heteroatoms. The number of hydrogen-bond donors (Lipinski definition) is 2. The summed E-state index contributed by atoms with van der Waals surface area (Å²) in [7, 11) is 0. The number of nitrogens with one attached hydrogen (secondary N) is 2. The van der Waals surface area contributed by atoms with E-state index in [-0.39, 0.29) is 18.2 Å². The molecule has 8 nitrogen and oxygen atoms in total. The Labute approximate surface area is 181 Å². The number of rotatable bonds is 7. The summed E-state index contributed by atoms with van der Waals surface area (Å²) in [5, 5.41) is 5.83. The second-order valence-electron chi connectivity index (χ2n) is 8.51. The monoisotopic (exact) mass is 433 g/mol. The molecule has 2 N–H and O–H groups in total. The average Bonchev–Trinajstić information content (AvgIpc) is 3.35. The second kappa shape index (κ2) is 9.45. The topological polar surface area (TPSA) is 85.0 Å². The maximum absolute atomic E-state index is 12.7. The fourth-order valence-electron chi connectivity index (χ4n) is 4.62. The highest BCUT2D eigenvalue weighted by molar-refractivity contribution is 7.09. The summed E-state index contributed by atoms with van der Waals surface area (Å²) >= 11 is 1.81. The van der Waals surface area contributed by atoms with Crippen molar-refractivity contribution in [2.24, 2.45) is 0 Å². The molecule has 0 unspecified atom stereocenters. The van der Waals surface area contributed by atoms with Gasteiger partial charge in [0.25, 0.3) is 5.91 Å². The highest BCUT2D eigenvalue weighted by atomic mass is 32.1. The van der Waals surface area contributed by atoms with Crippen LogP contribution in [0.25, 0.3) is 0 Å². The maximum atomic E-state index is 12.7. The number of urea groups is 1. The summed E-state index contributed by atoms with van der Waals surface area (Å²) in [6.45, 7) is 5.58. The normalized spacial score (nSPS) is 22.5. The lowest BCUT2D eigenvalue weighted by molar-refractivity contribution is -0.140. The predicted molar refractivity (Wildman–Crippen MR) is 115 cm³/mol. The molecular weight excluding hydrogens is 402 g/mol. The van der Waals surface area contributed by atoms with E-state index in [1.54, 1.807) is 11.3 Å². The molecule has 4 amide bonds. The van der Waals surface area contributed by atoms with Gasteiger partial charge in [0.1, 0.15) is 5.54 Å². The lowest BCUT2D eigenvalue weighted by Gasteiger charge is -2.34. The Bertz CT molecular complexity index is 755. The van der Waals surface area contributed by atoms with Crippen LogP contribution >= 0.6 is 11.3 Å². The molecule has 2 saturated heterocycles. The van der Waals surface area contributed by atoms with Gasteiger partial charge in [-0.3, -0.25) is 15.0 Å². The molecule has 1 aromatic heterocycles. The number of amides is 4. The summed E-state index contributed by atoms with van der Waals surface area (Å²) in [5.41, 5.74) is 1.73. The summed E-state index contributed by atoms with van der Waals surface area (Å²) in [5.74, 6) is -0.591. The number of piperazine rings is 1. The number of hydrogen-bond acceptors (Lipinski definition) is 6. The minimum Gasteiger partial charge on any atom is -0.322 e. The van der Waals surface area contributed by atoms with Crippen molar-refractivity contribution < 1.29 is 14.4 Å². The molecule has 3 aliphatic rings. The first kappa shape index (κ1) is 21.3. The smallest absolute Gasteiger partial charge is 0.322 e. The van der Waals surface area contributed by atoms with Crippen molar-refractivity contribution in [3.8, 4) is 0 Å². The van der Waals surface area contributed by atoms with E-state index < -0.39 is 11.6 Å². The molecule has 30 heavy (non-hydrogen) atoms. The Balaban J connectivity index is 1.17. The number of carbonyl (C=O) groups is 3. The predicted octanol–water partition coefficient (Wildman–Crippen LogP) is 1.58. The van der Waals surface area contributed by atoms with Gasteiger partial charge in [-0.2, -0.15) is 5.01 Å². The third-order valence-corrected chi connectivity index (χ3v) is 7.42. The first-order chi connectivity index (χ1) is 14.6. The van der Waals surface area contributed by atoms with Gasteiger partial charge in [-0.25, -0.2) is 4.79 Å².